The Kier molecular flexibility index (Phi) is 4.59. The van der Waals surface area contributed by atoms with Crippen LogP contribution in [0.5, 0.6) is 5.75 Å². The van der Waals surface area contributed by atoms with Crippen molar-refractivity contribution >= 4 is 5.71 Å². The van der Waals surface area contributed by atoms with Gasteiger partial charge in [-0.25, -0.2) is 0 Å². The van der Waals surface area contributed by atoms with Crippen molar-refractivity contribution in [3.63, 3.8) is 0 Å². The molecule has 1 aliphatic carbocycles. The maximum atomic E-state index is 8.91. The lowest BCUT2D eigenvalue weighted by atomic mass is 10.1. The van der Waals surface area contributed by atoms with Crippen molar-refractivity contribution in [1.29, 1.82) is 0 Å². The molecule has 0 aliphatic heterocycles. The summed E-state index contributed by atoms with van der Waals surface area (Å²) in [4.78, 5) is 0. The molecule has 4 nitrogen and oxygen atoms in total. The molecular weight excluding hydrogens is 230 g/mol. The number of nitrogens with zero attached hydrogens (tertiary/aromatic N) is 1. The number of oxime groups is 1. The topological polar surface area (TPSA) is 51.0 Å². The number of benzene rings is 1. The number of ether oxygens (including phenoxy) is 2. The Morgan fingerprint density at radius 2 is 2.06 bits per heavy atom. The molecule has 0 atom stereocenters. The van der Waals surface area contributed by atoms with Crippen molar-refractivity contribution in [3.8, 4) is 5.75 Å². The Labute approximate surface area is 107 Å². The van der Waals surface area contributed by atoms with Gasteiger partial charge in [-0.2, -0.15) is 0 Å². The third-order valence-corrected chi connectivity index (χ3v) is 3.18. The van der Waals surface area contributed by atoms with Gasteiger partial charge >= 0.3 is 0 Å². The van der Waals surface area contributed by atoms with Crippen molar-refractivity contribution in [3.05, 3.63) is 29.3 Å². The summed E-state index contributed by atoms with van der Waals surface area (Å²) < 4.78 is 10.8. The number of unbranched alkanes of at least 4 members (excludes halogenated alkanes) is 1. The lowest BCUT2D eigenvalue weighted by molar-refractivity contribution is 0.184. The van der Waals surface area contributed by atoms with Gasteiger partial charge in [0.2, 0.25) is 0 Å². The van der Waals surface area contributed by atoms with Crippen molar-refractivity contribution < 1.29 is 14.7 Å². The Balaban J connectivity index is 1.96. The minimum absolute atomic E-state index is 0.700. The van der Waals surface area contributed by atoms with E-state index in [9.17, 15) is 0 Å². The van der Waals surface area contributed by atoms with Gasteiger partial charge in [0, 0.05) is 24.8 Å². The molecule has 18 heavy (non-hydrogen) atoms. The van der Waals surface area contributed by atoms with E-state index in [4.69, 9.17) is 14.7 Å². The quantitative estimate of drug-likeness (QED) is 0.479. The first-order valence-electron chi connectivity index (χ1n) is 6.31. The van der Waals surface area contributed by atoms with Gasteiger partial charge in [-0.05, 0) is 31.7 Å². The van der Waals surface area contributed by atoms with Crippen LogP contribution in [0.3, 0.4) is 0 Å². The minimum atomic E-state index is 0.700. The van der Waals surface area contributed by atoms with Crippen molar-refractivity contribution in [2.45, 2.75) is 25.7 Å². The van der Waals surface area contributed by atoms with E-state index in [1.807, 2.05) is 18.2 Å². The molecule has 2 rings (SSSR count). The van der Waals surface area contributed by atoms with E-state index >= 15 is 0 Å². The van der Waals surface area contributed by atoms with E-state index in [0.29, 0.717) is 6.61 Å². The van der Waals surface area contributed by atoms with Crippen LogP contribution in [0.1, 0.15) is 30.4 Å². The maximum absolute atomic E-state index is 8.91. The molecular formula is C14H19NO3. The molecule has 1 N–H and O–H groups in total. The largest absolute Gasteiger partial charge is 0.493 e. The standard InChI is InChI=1S/C14H19NO3/c1-17-9-2-3-10-18-14-6-4-5-11-12(14)7-8-13(11)15-16/h4-6,16H,2-3,7-10H2,1H3/b15-13+. The zero-order chi connectivity index (χ0) is 12.8. The van der Waals surface area contributed by atoms with Gasteiger partial charge in [0.25, 0.3) is 0 Å². The number of fused-ring (bicyclic) bond motifs is 1. The number of hydrogen-bond acceptors (Lipinski definition) is 4. The van der Waals surface area contributed by atoms with Gasteiger partial charge < -0.3 is 14.7 Å². The molecule has 1 aromatic rings. The molecule has 4 heteroatoms. The summed E-state index contributed by atoms with van der Waals surface area (Å²) in [5.41, 5.74) is 2.94. The van der Waals surface area contributed by atoms with Gasteiger partial charge in [-0.15, -0.1) is 0 Å². The zero-order valence-electron chi connectivity index (χ0n) is 10.7. The summed E-state index contributed by atoms with van der Waals surface area (Å²) in [7, 11) is 1.71. The van der Waals surface area contributed by atoms with Crippen LogP contribution in [0.15, 0.2) is 23.4 Å². The Morgan fingerprint density at radius 3 is 2.83 bits per heavy atom. The van der Waals surface area contributed by atoms with E-state index in [1.54, 1.807) is 7.11 Å². The minimum Gasteiger partial charge on any atom is -0.493 e. The monoisotopic (exact) mass is 249 g/mol. The van der Waals surface area contributed by atoms with E-state index in [2.05, 4.69) is 5.16 Å². The van der Waals surface area contributed by atoms with Gasteiger partial charge in [0.15, 0.2) is 0 Å². The molecule has 0 aromatic heterocycles. The molecule has 0 amide bonds. The molecule has 1 aromatic carbocycles. The van der Waals surface area contributed by atoms with Crippen LogP contribution in [0, 0.1) is 0 Å². The molecule has 0 fully saturated rings. The first kappa shape index (κ1) is 12.9. The van der Waals surface area contributed by atoms with E-state index < -0.39 is 0 Å². The summed E-state index contributed by atoms with van der Waals surface area (Å²) >= 11 is 0. The van der Waals surface area contributed by atoms with Crippen molar-refractivity contribution in [2.24, 2.45) is 5.16 Å². The number of methoxy groups -OCH3 is 1. The number of hydrogen-bond donors (Lipinski definition) is 1. The van der Waals surface area contributed by atoms with Crippen molar-refractivity contribution in [1.82, 2.24) is 0 Å². The zero-order valence-corrected chi connectivity index (χ0v) is 10.7. The lowest BCUT2D eigenvalue weighted by Gasteiger charge is -2.10. The fraction of sp³-hybridized carbons (Fsp3) is 0.500. The van der Waals surface area contributed by atoms with Crippen molar-refractivity contribution in [2.75, 3.05) is 20.3 Å². The molecule has 0 saturated heterocycles. The molecule has 98 valence electrons. The van der Waals surface area contributed by atoms with Crippen LogP contribution in [0.4, 0.5) is 0 Å². The highest BCUT2D eigenvalue weighted by Gasteiger charge is 2.21. The molecule has 0 heterocycles. The Bertz CT molecular complexity index is 429. The highest BCUT2D eigenvalue weighted by atomic mass is 16.5. The first-order chi connectivity index (χ1) is 8.86. The smallest absolute Gasteiger partial charge is 0.123 e. The second kappa shape index (κ2) is 6.40. The van der Waals surface area contributed by atoms with Crippen LogP contribution in [0.25, 0.3) is 0 Å². The van der Waals surface area contributed by atoms with Gasteiger partial charge in [-0.1, -0.05) is 17.3 Å². The van der Waals surface area contributed by atoms with Gasteiger partial charge in [0.1, 0.15) is 5.75 Å². The predicted octanol–water partition coefficient (Wildman–Crippen LogP) is 2.62. The summed E-state index contributed by atoms with van der Waals surface area (Å²) in [5.74, 6) is 0.920. The normalized spacial score (nSPS) is 15.9. The summed E-state index contributed by atoms with van der Waals surface area (Å²) in [5, 5.41) is 12.2. The molecule has 0 bridgehead atoms. The fourth-order valence-corrected chi connectivity index (χ4v) is 2.24. The SMILES string of the molecule is COCCCCOc1cccc2c1CC/C2=N\O. The van der Waals surface area contributed by atoms with Crippen LogP contribution in [-0.4, -0.2) is 31.2 Å². The highest BCUT2D eigenvalue weighted by molar-refractivity contribution is 6.04. The van der Waals surface area contributed by atoms with E-state index in [1.165, 1.54) is 0 Å². The predicted molar refractivity (Wildman–Crippen MR) is 69.7 cm³/mol. The molecule has 1 aliphatic rings. The highest BCUT2D eigenvalue weighted by Crippen LogP contribution is 2.30. The second-order valence-corrected chi connectivity index (χ2v) is 4.38. The summed E-state index contributed by atoms with van der Waals surface area (Å²) in [6, 6.07) is 5.91. The number of rotatable bonds is 6. The summed E-state index contributed by atoms with van der Waals surface area (Å²) in [6.07, 6.45) is 3.67. The fourth-order valence-electron chi connectivity index (χ4n) is 2.24. The van der Waals surface area contributed by atoms with Gasteiger partial charge in [0.05, 0.1) is 12.3 Å². The van der Waals surface area contributed by atoms with Crippen LogP contribution in [0.2, 0.25) is 0 Å². The van der Waals surface area contributed by atoms with E-state index in [-0.39, 0.29) is 0 Å². The third-order valence-electron chi connectivity index (χ3n) is 3.18. The third kappa shape index (κ3) is 2.82. The molecule has 0 radical (unpaired) electrons. The first-order valence-corrected chi connectivity index (χ1v) is 6.31. The molecule has 0 saturated carbocycles. The van der Waals surface area contributed by atoms with Gasteiger partial charge in [-0.3, -0.25) is 0 Å². The average molecular weight is 249 g/mol. The van der Waals surface area contributed by atoms with Crippen LogP contribution >= 0.6 is 0 Å². The maximum Gasteiger partial charge on any atom is 0.123 e. The lowest BCUT2D eigenvalue weighted by Crippen LogP contribution is -2.02. The molecule has 0 spiro atoms. The summed E-state index contributed by atoms with van der Waals surface area (Å²) in [6.45, 7) is 1.48. The Morgan fingerprint density at radius 1 is 1.22 bits per heavy atom. The average Bonchev–Trinajstić information content (AvgIpc) is 2.82. The van der Waals surface area contributed by atoms with Crippen LogP contribution < -0.4 is 4.74 Å². The van der Waals surface area contributed by atoms with E-state index in [0.717, 1.165) is 54.9 Å². The van der Waals surface area contributed by atoms with Crippen LogP contribution in [-0.2, 0) is 11.2 Å². The molecule has 0 unspecified atom stereocenters. The second-order valence-electron chi connectivity index (χ2n) is 4.38. The Hall–Kier alpha value is -1.55.